The van der Waals surface area contributed by atoms with Crippen molar-refractivity contribution in [2.24, 2.45) is 17.2 Å². The molecule has 0 unspecified atom stereocenters. The fourth-order valence-corrected chi connectivity index (χ4v) is 6.04. The van der Waals surface area contributed by atoms with E-state index in [4.69, 9.17) is 17.2 Å². The second-order valence-corrected chi connectivity index (χ2v) is 10.2. The van der Waals surface area contributed by atoms with Crippen molar-refractivity contribution in [1.29, 1.82) is 0 Å². The number of aryl methyl sites for hydroxylation is 3. The van der Waals surface area contributed by atoms with E-state index in [1.54, 1.807) is 0 Å². The first kappa shape index (κ1) is 23.6. The summed E-state index contributed by atoms with van der Waals surface area (Å²) < 4.78 is 0. The average Bonchev–Trinajstić information content (AvgIpc) is 2.82. The maximum atomic E-state index is 5.68. The van der Waals surface area contributed by atoms with Crippen LogP contribution in [0.2, 0.25) is 0 Å². The standard InChI is InChI=1S/C27H36N3P/c28-19-1-4-22-7-13-25(14-8-22)31(26-15-9-23(10-16-26)5-2-20-29)27-17-11-24(12-18-27)6-3-21-30/h7-18H,1-6,19-21,28-30H2. The highest BCUT2D eigenvalue weighted by molar-refractivity contribution is 7.79. The Morgan fingerprint density at radius 1 is 0.419 bits per heavy atom. The molecule has 4 heteroatoms. The molecule has 0 atom stereocenters. The van der Waals surface area contributed by atoms with E-state index in [1.807, 2.05) is 0 Å². The van der Waals surface area contributed by atoms with Gasteiger partial charge in [-0.25, -0.2) is 0 Å². The number of hydrogen-bond donors (Lipinski definition) is 3. The molecule has 0 fully saturated rings. The lowest BCUT2D eigenvalue weighted by atomic mass is 10.1. The van der Waals surface area contributed by atoms with E-state index in [1.165, 1.54) is 32.6 Å². The monoisotopic (exact) mass is 433 g/mol. The lowest BCUT2D eigenvalue weighted by Crippen LogP contribution is -2.21. The molecular formula is C27H36N3P. The van der Waals surface area contributed by atoms with E-state index < -0.39 is 7.92 Å². The van der Waals surface area contributed by atoms with Gasteiger partial charge in [-0.2, -0.15) is 0 Å². The van der Waals surface area contributed by atoms with Crippen molar-refractivity contribution in [2.75, 3.05) is 19.6 Å². The van der Waals surface area contributed by atoms with Gasteiger partial charge in [0.1, 0.15) is 0 Å². The smallest absolute Gasteiger partial charge is 0.00741 e. The van der Waals surface area contributed by atoms with Crippen LogP contribution in [0.15, 0.2) is 72.8 Å². The zero-order chi connectivity index (χ0) is 21.9. The van der Waals surface area contributed by atoms with Crippen molar-refractivity contribution in [3.8, 4) is 0 Å². The summed E-state index contributed by atoms with van der Waals surface area (Å²) in [7, 11) is -0.596. The fraction of sp³-hybridized carbons (Fsp3) is 0.333. The molecule has 0 aromatic heterocycles. The van der Waals surface area contributed by atoms with Crippen LogP contribution in [0.3, 0.4) is 0 Å². The van der Waals surface area contributed by atoms with Crippen LogP contribution >= 0.6 is 7.92 Å². The van der Waals surface area contributed by atoms with E-state index >= 15 is 0 Å². The Kier molecular flexibility index (Phi) is 9.71. The molecule has 0 saturated carbocycles. The van der Waals surface area contributed by atoms with Gasteiger partial charge >= 0.3 is 0 Å². The van der Waals surface area contributed by atoms with Crippen LogP contribution < -0.4 is 33.1 Å². The molecule has 6 N–H and O–H groups in total. The number of hydrogen-bond acceptors (Lipinski definition) is 3. The molecule has 0 aliphatic carbocycles. The van der Waals surface area contributed by atoms with Gasteiger partial charge in [0.15, 0.2) is 0 Å². The van der Waals surface area contributed by atoms with Crippen LogP contribution in [0.4, 0.5) is 0 Å². The van der Waals surface area contributed by atoms with E-state index in [2.05, 4.69) is 72.8 Å². The van der Waals surface area contributed by atoms with Gasteiger partial charge in [0.25, 0.3) is 0 Å². The number of nitrogens with two attached hydrogens (primary N) is 3. The van der Waals surface area contributed by atoms with Crippen molar-refractivity contribution in [1.82, 2.24) is 0 Å². The summed E-state index contributed by atoms with van der Waals surface area (Å²) in [6.45, 7) is 2.21. The summed E-state index contributed by atoms with van der Waals surface area (Å²) in [6.07, 6.45) is 6.22. The van der Waals surface area contributed by atoms with Gasteiger partial charge in [0.2, 0.25) is 0 Å². The molecule has 164 valence electrons. The lowest BCUT2D eigenvalue weighted by Gasteiger charge is -2.20. The van der Waals surface area contributed by atoms with Gasteiger partial charge in [0, 0.05) is 0 Å². The predicted molar refractivity (Wildman–Crippen MR) is 137 cm³/mol. The number of benzene rings is 3. The first-order chi connectivity index (χ1) is 15.2. The molecule has 3 aromatic rings. The van der Waals surface area contributed by atoms with Crippen LogP contribution in [-0.2, 0) is 19.3 Å². The second-order valence-electron chi connectivity index (χ2n) is 8.01. The van der Waals surface area contributed by atoms with Gasteiger partial charge in [-0.15, -0.1) is 0 Å². The third-order valence-corrected chi connectivity index (χ3v) is 8.04. The van der Waals surface area contributed by atoms with Crippen molar-refractivity contribution < 1.29 is 0 Å². The quantitative estimate of drug-likeness (QED) is 0.384. The molecule has 0 amide bonds. The van der Waals surface area contributed by atoms with Crippen LogP contribution in [0.1, 0.15) is 36.0 Å². The second kappa shape index (κ2) is 12.7. The summed E-state index contributed by atoms with van der Waals surface area (Å²) in [4.78, 5) is 0. The van der Waals surface area contributed by atoms with Crippen LogP contribution in [0, 0.1) is 0 Å². The molecule has 0 aliphatic rings. The zero-order valence-corrected chi connectivity index (χ0v) is 19.4. The van der Waals surface area contributed by atoms with Crippen molar-refractivity contribution >= 4 is 23.8 Å². The Hall–Kier alpha value is -2.03. The number of rotatable bonds is 12. The van der Waals surface area contributed by atoms with E-state index in [9.17, 15) is 0 Å². The van der Waals surface area contributed by atoms with Crippen molar-refractivity contribution in [2.45, 2.75) is 38.5 Å². The summed E-state index contributed by atoms with van der Waals surface area (Å²) in [5, 5.41) is 4.16. The normalized spacial score (nSPS) is 11.2. The summed E-state index contributed by atoms with van der Waals surface area (Å²) in [5.41, 5.74) is 21.1. The topological polar surface area (TPSA) is 78.1 Å². The van der Waals surface area contributed by atoms with Gasteiger partial charge < -0.3 is 17.2 Å². The molecule has 0 aliphatic heterocycles. The Morgan fingerprint density at radius 2 is 0.677 bits per heavy atom. The molecule has 0 spiro atoms. The van der Waals surface area contributed by atoms with Crippen LogP contribution in [0.25, 0.3) is 0 Å². The molecule has 3 nitrogen and oxygen atoms in total. The average molecular weight is 434 g/mol. The highest BCUT2D eigenvalue weighted by Crippen LogP contribution is 2.33. The first-order valence-electron chi connectivity index (χ1n) is 11.4. The van der Waals surface area contributed by atoms with Crippen molar-refractivity contribution in [3.63, 3.8) is 0 Å². The minimum Gasteiger partial charge on any atom is -0.330 e. The van der Waals surface area contributed by atoms with Crippen LogP contribution in [-0.4, -0.2) is 19.6 Å². The third-order valence-electron chi connectivity index (χ3n) is 5.59. The Labute approximate surface area is 188 Å². The largest absolute Gasteiger partial charge is 0.330 e. The predicted octanol–water partition coefficient (Wildman–Crippen LogP) is 3.12. The van der Waals surface area contributed by atoms with Crippen molar-refractivity contribution in [3.05, 3.63) is 89.5 Å². The Balaban J connectivity index is 1.90. The fourth-order valence-electron chi connectivity index (χ4n) is 3.80. The molecule has 0 heterocycles. The molecule has 0 saturated heterocycles. The zero-order valence-electron chi connectivity index (χ0n) is 18.5. The molecule has 31 heavy (non-hydrogen) atoms. The third kappa shape index (κ3) is 6.98. The lowest BCUT2D eigenvalue weighted by molar-refractivity contribution is 0.833. The summed E-state index contributed by atoms with van der Waals surface area (Å²) in [6, 6.07) is 27.5. The maximum absolute atomic E-state index is 5.68. The maximum Gasteiger partial charge on any atom is -0.00741 e. The van der Waals surface area contributed by atoms with Gasteiger partial charge in [-0.3, -0.25) is 0 Å². The Bertz CT molecular complexity index is 767. The van der Waals surface area contributed by atoms with Gasteiger partial charge in [-0.05, 0) is 98.7 Å². The first-order valence-corrected chi connectivity index (χ1v) is 12.8. The van der Waals surface area contributed by atoms with E-state index in [0.29, 0.717) is 0 Å². The molecule has 0 radical (unpaired) electrons. The highest BCUT2D eigenvalue weighted by atomic mass is 31.1. The van der Waals surface area contributed by atoms with Gasteiger partial charge in [-0.1, -0.05) is 72.8 Å². The minimum atomic E-state index is -0.596. The Morgan fingerprint density at radius 3 is 0.903 bits per heavy atom. The van der Waals surface area contributed by atoms with E-state index in [-0.39, 0.29) is 0 Å². The minimum absolute atomic E-state index is 0.596. The highest BCUT2D eigenvalue weighted by Gasteiger charge is 2.16. The molecule has 0 bridgehead atoms. The molecular weight excluding hydrogens is 397 g/mol. The summed E-state index contributed by atoms with van der Waals surface area (Å²) in [5.74, 6) is 0. The summed E-state index contributed by atoms with van der Waals surface area (Å²) >= 11 is 0. The van der Waals surface area contributed by atoms with Gasteiger partial charge in [0.05, 0.1) is 0 Å². The van der Waals surface area contributed by atoms with Crippen LogP contribution in [0.5, 0.6) is 0 Å². The molecule has 3 rings (SSSR count). The molecule has 3 aromatic carbocycles. The van der Waals surface area contributed by atoms with E-state index in [0.717, 1.165) is 58.2 Å². The SMILES string of the molecule is NCCCc1ccc(P(c2ccc(CCCN)cc2)c2ccc(CCCN)cc2)cc1.